The van der Waals surface area contributed by atoms with Crippen LogP contribution in [0.2, 0.25) is 0 Å². The number of hydrogen-bond donors (Lipinski definition) is 2. The first-order valence-corrected chi connectivity index (χ1v) is 8.91. The van der Waals surface area contributed by atoms with Gasteiger partial charge in [-0.2, -0.15) is 0 Å². The second-order valence-corrected chi connectivity index (χ2v) is 6.88. The minimum absolute atomic E-state index is 0.257. The molecule has 1 aromatic carbocycles. The molecule has 3 heterocycles. The summed E-state index contributed by atoms with van der Waals surface area (Å²) in [6.07, 6.45) is 2.01. The van der Waals surface area contributed by atoms with E-state index in [1.54, 1.807) is 24.3 Å². The highest BCUT2D eigenvalue weighted by molar-refractivity contribution is 7.14. The van der Waals surface area contributed by atoms with Gasteiger partial charge in [0, 0.05) is 17.3 Å². The molecular weight excluding hydrogens is 348 g/mol. The molecule has 0 atom stereocenters. The van der Waals surface area contributed by atoms with Crippen molar-refractivity contribution in [3.63, 3.8) is 0 Å². The lowest BCUT2D eigenvalue weighted by atomic mass is 10.2. The van der Waals surface area contributed by atoms with E-state index in [-0.39, 0.29) is 5.56 Å². The van der Waals surface area contributed by atoms with Crippen molar-refractivity contribution in [2.75, 3.05) is 5.32 Å². The number of thiazole rings is 1. The first-order chi connectivity index (χ1) is 12.5. The van der Waals surface area contributed by atoms with Crippen LogP contribution in [0.5, 0.6) is 0 Å². The van der Waals surface area contributed by atoms with E-state index in [1.807, 2.05) is 42.0 Å². The van der Waals surface area contributed by atoms with Crippen LogP contribution >= 0.6 is 11.3 Å². The maximum absolute atomic E-state index is 10.9. The molecule has 0 saturated heterocycles. The standard InChI is InChI=1S/C19H16N4O2S/c1-11-7-8-23-16(9-11)20-12(2)17(23)15-10-26-19(22-15)21-14-5-3-13(4-6-14)18(24)25/h3-10H,1-2H3,(H,21,22)(H,24,25). The number of fused-ring (bicyclic) bond motifs is 1. The lowest BCUT2D eigenvalue weighted by Gasteiger charge is -2.03. The molecule has 3 aromatic heterocycles. The van der Waals surface area contributed by atoms with Gasteiger partial charge in [0.2, 0.25) is 0 Å². The maximum Gasteiger partial charge on any atom is 0.335 e. The molecule has 0 bridgehead atoms. The smallest absolute Gasteiger partial charge is 0.335 e. The van der Waals surface area contributed by atoms with Crippen molar-refractivity contribution in [1.29, 1.82) is 0 Å². The second-order valence-electron chi connectivity index (χ2n) is 6.02. The van der Waals surface area contributed by atoms with Crippen LogP contribution in [0.1, 0.15) is 21.6 Å². The molecule has 0 fully saturated rings. The first-order valence-electron chi connectivity index (χ1n) is 8.03. The predicted molar refractivity (Wildman–Crippen MR) is 102 cm³/mol. The van der Waals surface area contributed by atoms with Crippen LogP contribution in [0.15, 0.2) is 48.0 Å². The topological polar surface area (TPSA) is 79.5 Å². The molecule has 0 aliphatic carbocycles. The second kappa shape index (κ2) is 6.27. The third kappa shape index (κ3) is 2.93. The molecule has 0 aliphatic heterocycles. The summed E-state index contributed by atoms with van der Waals surface area (Å²) in [5.74, 6) is -0.939. The average Bonchev–Trinajstić information content (AvgIpc) is 3.18. The Hall–Kier alpha value is -3.19. The number of nitrogens with zero attached hydrogens (tertiary/aromatic N) is 3. The molecule has 0 radical (unpaired) electrons. The van der Waals surface area contributed by atoms with Crippen molar-refractivity contribution in [1.82, 2.24) is 14.4 Å². The number of hydrogen-bond acceptors (Lipinski definition) is 5. The van der Waals surface area contributed by atoms with Crippen LogP contribution in [-0.4, -0.2) is 25.4 Å². The Morgan fingerprint density at radius 2 is 1.92 bits per heavy atom. The fourth-order valence-corrected chi connectivity index (χ4v) is 3.55. The number of pyridine rings is 1. The van der Waals surface area contributed by atoms with E-state index in [0.29, 0.717) is 0 Å². The lowest BCUT2D eigenvalue weighted by molar-refractivity contribution is 0.0697. The van der Waals surface area contributed by atoms with E-state index in [2.05, 4.69) is 15.3 Å². The Balaban J connectivity index is 1.64. The van der Waals surface area contributed by atoms with Crippen LogP contribution in [0, 0.1) is 13.8 Å². The third-order valence-electron chi connectivity index (χ3n) is 4.09. The number of carboxylic acid groups (broad SMARTS) is 1. The van der Waals surface area contributed by atoms with Crippen molar-refractivity contribution in [3.8, 4) is 11.4 Å². The van der Waals surface area contributed by atoms with E-state index >= 15 is 0 Å². The average molecular weight is 364 g/mol. The number of nitrogens with one attached hydrogen (secondary N) is 1. The lowest BCUT2D eigenvalue weighted by Crippen LogP contribution is -1.96. The van der Waals surface area contributed by atoms with Gasteiger partial charge in [-0.1, -0.05) is 0 Å². The van der Waals surface area contributed by atoms with Crippen molar-refractivity contribution in [2.24, 2.45) is 0 Å². The maximum atomic E-state index is 10.9. The summed E-state index contributed by atoms with van der Waals surface area (Å²) in [6, 6.07) is 10.7. The summed E-state index contributed by atoms with van der Waals surface area (Å²) in [5.41, 5.74) is 5.88. The van der Waals surface area contributed by atoms with Gasteiger partial charge in [0.05, 0.1) is 17.0 Å². The van der Waals surface area contributed by atoms with Gasteiger partial charge in [-0.25, -0.2) is 14.8 Å². The molecule has 0 spiro atoms. The number of anilines is 2. The summed E-state index contributed by atoms with van der Waals surface area (Å²) >= 11 is 1.49. The SMILES string of the molecule is Cc1ccn2c(-c3csc(Nc4ccc(C(=O)O)cc4)n3)c(C)nc2c1. The van der Waals surface area contributed by atoms with Crippen LogP contribution in [0.4, 0.5) is 10.8 Å². The molecule has 0 aliphatic rings. The number of aromatic carboxylic acids is 1. The number of imidazole rings is 1. The van der Waals surface area contributed by atoms with E-state index in [0.717, 1.165) is 33.5 Å². The summed E-state index contributed by atoms with van der Waals surface area (Å²) in [5, 5.41) is 14.9. The number of benzene rings is 1. The van der Waals surface area contributed by atoms with Crippen molar-refractivity contribution < 1.29 is 9.90 Å². The molecule has 0 saturated carbocycles. The fraction of sp³-hybridized carbons (Fsp3) is 0.105. The van der Waals surface area contributed by atoms with Crippen LogP contribution < -0.4 is 5.32 Å². The van der Waals surface area contributed by atoms with Gasteiger partial charge in [-0.05, 0) is 55.8 Å². The predicted octanol–water partition coefficient (Wildman–Crippen LogP) is 4.52. The van der Waals surface area contributed by atoms with Gasteiger partial charge < -0.3 is 10.4 Å². The van der Waals surface area contributed by atoms with E-state index in [4.69, 9.17) is 5.11 Å². The van der Waals surface area contributed by atoms with Crippen LogP contribution in [0.25, 0.3) is 17.0 Å². The molecule has 4 rings (SSSR count). The Morgan fingerprint density at radius 3 is 2.65 bits per heavy atom. The zero-order chi connectivity index (χ0) is 18.3. The van der Waals surface area contributed by atoms with E-state index in [9.17, 15) is 4.79 Å². The Bertz CT molecular complexity index is 1110. The van der Waals surface area contributed by atoms with E-state index < -0.39 is 5.97 Å². The largest absolute Gasteiger partial charge is 0.478 e. The third-order valence-corrected chi connectivity index (χ3v) is 4.84. The van der Waals surface area contributed by atoms with Crippen molar-refractivity contribution >= 4 is 33.8 Å². The Kier molecular flexibility index (Phi) is 3.93. The van der Waals surface area contributed by atoms with Crippen molar-refractivity contribution in [2.45, 2.75) is 13.8 Å². The van der Waals surface area contributed by atoms with Gasteiger partial charge >= 0.3 is 5.97 Å². The van der Waals surface area contributed by atoms with Crippen LogP contribution in [-0.2, 0) is 0 Å². The van der Waals surface area contributed by atoms with Gasteiger partial charge in [-0.3, -0.25) is 4.40 Å². The van der Waals surface area contributed by atoms with Gasteiger partial charge in [-0.15, -0.1) is 11.3 Å². The Morgan fingerprint density at radius 1 is 1.15 bits per heavy atom. The quantitative estimate of drug-likeness (QED) is 0.557. The number of carbonyl (C=O) groups is 1. The number of aromatic nitrogens is 3. The zero-order valence-electron chi connectivity index (χ0n) is 14.2. The highest BCUT2D eigenvalue weighted by Crippen LogP contribution is 2.30. The number of rotatable bonds is 4. The molecule has 26 heavy (non-hydrogen) atoms. The number of carboxylic acids is 1. The fourth-order valence-electron chi connectivity index (χ4n) is 2.83. The number of aryl methyl sites for hydroxylation is 2. The summed E-state index contributed by atoms with van der Waals surface area (Å²) in [4.78, 5) is 20.2. The molecule has 130 valence electrons. The Labute approximate surface area is 153 Å². The normalized spacial score (nSPS) is 11.0. The molecule has 0 unspecified atom stereocenters. The van der Waals surface area contributed by atoms with E-state index in [1.165, 1.54) is 16.9 Å². The molecule has 2 N–H and O–H groups in total. The minimum atomic E-state index is -0.939. The molecule has 0 amide bonds. The summed E-state index contributed by atoms with van der Waals surface area (Å²) in [7, 11) is 0. The van der Waals surface area contributed by atoms with Crippen molar-refractivity contribution in [3.05, 3.63) is 64.8 Å². The molecule has 6 nitrogen and oxygen atoms in total. The first kappa shape index (κ1) is 16.3. The minimum Gasteiger partial charge on any atom is -0.478 e. The summed E-state index contributed by atoms with van der Waals surface area (Å²) in [6.45, 7) is 4.03. The van der Waals surface area contributed by atoms with Gasteiger partial charge in [0.25, 0.3) is 0 Å². The molecular formula is C19H16N4O2S. The summed E-state index contributed by atoms with van der Waals surface area (Å²) < 4.78 is 2.04. The molecule has 7 heteroatoms. The highest BCUT2D eigenvalue weighted by atomic mass is 32.1. The van der Waals surface area contributed by atoms with Crippen LogP contribution in [0.3, 0.4) is 0 Å². The monoisotopic (exact) mass is 364 g/mol. The highest BCUT2D eigenvalue weighted by Gasteiger charge is 2.14. The van der Waals surface area contributed by atoms with Gasteiger partial charge in [0.15, 0.2) is 5.13 Å². The molecule has 4 aromatic rings. The zero-order valence-corrected chi connectivity index (χ0v) is 15.0. The van der Waals surface area contributed by atoms with Gasteiger partial charge in [0.1, 0.15) is 11.3 Å².